The molecule has 0 saturated carbocycles. The molecule has 2 aromatic rings. The van der Waals surface area contributed by atoms with E-state index in [-0.39, 0.29) is 36.8 Å². The summed E-state index contributed by atoms with van der Waals surface area (Å²) in [4.78, 5) is 46.3. The van der Waals surface area contributed by atoms with Crippen molar-refractivity contribution < 1.29 is 23.5 Å². The van der Waals surface area contributed by atoms with E-state index in [9.17, 15) is 18.8 Å². The first-order chi connectivity index (χ1) is 17.4. The van der Waals surface area contributed by atoms with E-state index in [0.717, 1.165) is 24.2 Å². The van der Waals surface area contributed by atoms with Crippen LogP contribution in [0.25, 0.3) is 4.85 Å². The highest BCUT2D eigenvalue weighted by atomic mass is 19.1. The van der Waals surface area contributed by atoms with Gasteiger partial charge in [-0.3, -0.25) is 24.6 Å². The van der Waals surface area contributed by atoms with Crippen LogP contribution >= 0.6 is 0 Å². The lowest BCUT2D eigenvalue weighted by Crippen LogP contribution is -2.52. The summed E-state index contributed by atoms with van der Waals surface area (Å²) < 4.78 is 20.1. The number of rotatable bonds is 5. The number of methoxy groups -OCH3 is 1. The van der Waals surface area contributed by atoms with E-state index in [4.69, 9.17) is 11.3 Å². The van der Waals surface area contributed by atoms with E-state index < -0.39 is 17.8 Å². The Balaban J connectivity index is 1.30. The van der Waals surface area contributed by atoms with Crippen LogP contribution in [0.15, 0.2) is 30.3 Å². The summed E-state index contributed by atoms with van der Waals surface area (Å²) in [7, 11) is 1.59. The van der Waals surface area contributed by atoms with Gasteiger partial charge in [0.05, 0.1) is 13.7 Å². The van der Waals surface area contributed by atoms with Crippen LogP contribution < -0.4 is 15.0 Å². The van der Waals surface area contributed by atoms with Crippen LogP contribution in [-0.4, -0.2) is 66.9 Å². The second-order valence-electron chi connectivity index (χ2n) is 9.22. The van der Waals surface area contributed by atoms with Crippen LogP contribution in [0.3, 0.4) is 0 Å². The molecule has 1 unspecified atom stereocenters. The lowest BCUT2D eigenvalue weighted by molar-refractivity contribution is -0.136. The number of piperidine rings is 1. The van der Waals surface area contributed by atoms with Gasteiger partial charge >= 0.3 is 0 Å². The molecule has 2 fully saturated rings. The minimum Gasteiger partial charge on any atom is -0.498 e. The molecule has 3 aliphatic rings. The van der Waals surface area contributed by atoms with Crippen molar-refractivity contribution in [2.75, 3.05) is 38.2 Å². The molecule has 0 spiro atoms. The summed E-state index contributed by atoms with van der Waals surface area (Å²) in [6, 6.07) is 7.39. The number of nitrogens with one attached hydrogen (secondary N) is 1. The van der Waals surface area contributed by atoms with Crippen LogP contribution in [-0.2, 0) is 22.7 Å². The molecule has 36 heavy (non-hydrogen) atoms. The lowest BCUT2D eigenvalue weighted by Gasteiger charge is -2.37. The van der Waals surface area contributed by atoms with E-state index in [0.29, 0.717) is 36.8 Å². The molecule has 1 N–H and O–H groups in total. The predicted molar refractivity (Wildman–Crippen MR) is 129 cm³/mol. The molecule has 0 radical (unpaired) electrons. The molecule has 1 atom stereocenters. The van der Waals surface area contributed by atoms with Crippen LogP contribution in [0.2, 0.25) is 0 Å². The number of hydrogen-bond donors (Lipinski definition) is 1. The third kappa shape index (κ3) is 4.38. The number of ether oxygens (including phenoxy) is 1. The maximum absolute atomic E-state index is 14.6. The molecule has 2 saturated heterocycles. The first-order valence-corrected chi connectivity index (χ1v) is 11.9. The summed E-state index contributed by atoms with van der Waals surface area (Å²) in [6.07, 6.45) is 0.437. The maximum Gasteiger partial charge on any atom is 0.255 e. The van der Waals surface area contributed by atoms with Gasteiger partial charge in [0.1, 0.15) is 17.6 Å². The van der Waals surface area contributed by atoms with Gasteiger partial charge < -0.3 is 14.5 Å². The average Bonchev–Trinajstić information content (AvgIpc) is 3.20. The zero-order chi connectivity index (χ0) is 25.4. The molecule has 186 valence electrons. The van der Waals surface area contributed by atoms with Crippen LogP contribution in [0.4, 0.5) is 15.8 Å². The van der Waals surface area contributed by atoms with E-state index in [2.05, 4.69) is 20.0 Å². The van der Waals surface area contributed by atoms with Gasteiger partial charge in [0.15, 0.2) is 5.69 Å². The first-order valence-electron chi connectivity index (χ1n) is 11.9. The Labute approximate surface area is 208 Å². The van der Waals surface area contributed by atoms with Gasteiger partial charge in [0, 0.05) is 68.1 Å². The number of carbonyl (C=O) groups excluding carboxylic acids is 3. The van der Waals surface area contributed by atoms with Crippen LogP contribution in [0, 0.1) is 12.4 Å². The fourth-order valence-electron chi connectivity index (χ4n) is 5.21. The highest BCUT2D eigenvalue weighted by Gasteiger charge is 2.41. The van der Waals surface area contributed by atoms with Crippen LogP contribution in [0.5, 0.6) is 5.75 Å². The summed E-state index contributed by atoms with van der Waals surface area (Å²) >= 11 is 0. The Bertz CT molecular complexity index is 1280. The van der Waals surface area contributed by atoms with Crippen molar-refractivity contribution in [3.8, 4) is 5.75 Å². The Morgan fingerprint density at radius 1 is 1.14 bits per heavy atom. The van der Waals surface area contributed by atoms with Gasteiger partial charge in [-0.25, -0.2) is 9.24 Å². The normalized spacial score (nSPS) is 20.2. The number of halogens is 1. The van der Waals surface area contributed by atoms with Gasteiger partial charge in [0.2, 0.25) is 11.8 Å². The van der Waals surface area contributed by atoms with Crippen molar-refractivity contribution in [3.63, 3.8) is 0 Å². The fraction of sp³-hybridized carbons (Fsp3) is 0.385. The first kappa shape index (κ1) is 23.8. The number of anilines is 1. The van der Waals surface area contributed by atoms with Gasteiger partial charge in [-0.05, 0) is 24.6 Å². The number of imide groups is 1. The summed E-state index contributed by atoms with van der Waals surface area (Å²) in [5.74, 6) is -1.02. The smallest absolute Gasteiger partial charge is 0.255 e. The summed E-state index contributed by atoms with van der Waals surface area (Å²) in [6.45, 7) is 10.8. The molecule has 0 aliphatic carbocycles. The zero-order valence-electron chi connectivity index (χ0n) is 19.9. The third-order valence-corrected chi connectivity index (χ3v) is 7.10. The van der Waals surface area contributed by atoms with E-state index in [1.54, 1.807) is 19.2 Å². The molecule has 0 aromatic heterocycles. The van der Waals surface area contributed by atoms with Crippen molar-refractivity contribution in [3.05, 3.63) is 64.3 Å². The number of benzene rings is 2. The molecule has 9 nitrogen and oxygen atoms in total. The van der Waals surface area contributed by atoms with Gasteiger partial charge in [-0.15, -0.1) is 0 Å². The van der Waals surface area contributed by atoms with Crippen molar-refractivity contribution in [1.29, 1.82) is 0 Å². The number of amides is 3. The second-order valence-corrected chi connectivity index (χ2v) is 9.22. The van der Waals surface area contributed by atoms with E-state index >= 15 is 0 Å². The Kier molecular flexibility index (Phi) is 6.33. The standard InChI is InChI=1S/C26H26FN5O4/c1-28-18-4-3-16(23(13-18)36-2)14-30-7-9-31(10-8-30)22-12-17(27)11-19-20(22)15-32(26(19)35)21-5-6-24(33)29-25(21)34/h3-4,11-13,21H,5-10,14-15H2,2H3,(H,29,33,34). The zero-order valence-corrected chi connectivity index (χ0v) is 19.9. The molecule has 3 aliphatic heterocycles. The molecule has 0 bridgehead atoms. The molecule has 3 amide bonds. The molecular formula is C26H26FN5O4. The van der Waals surface area contributed by atoms with Crippen LogP contribution in [0.1, 0.15) is 34.3 Å². The Morgan fingerprint density at radius 3 is 2.61 bits per heavy atom. The van der Waals surface area contributed by atoms with Gasteiger partial charge in [0.25, 0.3) is 5.91 Å². The van der Waals surface area contributed by atoms with Gasteiger partial charge in [-0.1, -0.05) is 12.1 Å². The molecular weight excluding hydrogens is 465 g/mol. The number of piperazine rings is 1. The van der Waals surface area contributed by atoms with Crippen molar-refractivity contribution in [2.24, 2.45) is 0 Å². The largest absolute Gasteiger partial charge is 0.498 e. The van der Waals surface area contributed by atoms with E-state index in [1.165, 1.54) is 17.0 Å². The van der Waals surface area contributed by atoms with Crippen molar-refractivity contribution in [1.82, 2.24) is 15.1 Å². The lowest BCUT2D eigenvalue weighted by atomic mass is 10.0. The Hall–Kier alpha value is -3.97. The highest BCUT2D eigenvalue weighted by molar-refractivity contribution is 6.06. The third-order valence-electron chi connectivity index (χ3n) is 7.10. The fourth-order valence-corrected chi connectivity index (χ4v) is 5.21. The minimum absolute atomic E-state index is 0.172. The maximum atomic E-state index is 14.6. The molecule has 3 heterocycles. The topological polar surface area (TPSA) is 86.5 Å². The predicted octanol–water partition coefficient (Wildman–Crippen LogP) is 2.47. The minimum atomic E-state index is -0.737. The molecule has 5 rings (SSSR count). The average molecular weight is 492 g/mol. The second kappa shape index (κ2) is 9.59. The van der Waals surface area contributed by atoms with Gasteiger partial charge in [-0.2, -0.15) is 0 Å². The van der Waals surface area contributed by atoms with E-state index in [1.807, 2.05) is 6.07 Å². The number of hydrogen-bond acceptors (Lipinski definition) is 6. The van der Waals surface area contributed by atoms with Crippen molar-refractivity contribution in [2.45, 2.75) is 32.0 Å². The monoisotopic (exact) mass is 491 g/mol. The quantitative estimate of drug-likeness (QED) is 0.511. The summed E-state index contributed by atoms with van der Waals surface area (Å²) in [5, 5.41) is 2.30. The highest BCUT2D eigenvalue weighted by Crippen LogP contribution is 2.36. The number of fused-ring (bicyclic) bond motifs is 1. The Morgan fingerprint density at radius 2 is 1.92 bits per heavy atom. The summed E-state index contributed by atoms with van der Waals surface area (Å²) in [5.41, 5.74) is 3.20. The SMILES string of the molecule is [C-]#[N+]c1ccc(CN2CCN(c3cc(F)cc4c3CN(C3CCC(=O)NC3=O)C4=O)CC2)c(OC)c1. The molecule has 2 aromatic carbocycles. The number of carbonyl (C=O) groups is 3. The van der Waals surface area contributed by atoms with Crippen molar-refractivity contribution >= 4 is 29.1 Å². The number of nitrogens with zero attached hydrogens (tertiary/aromatic N) is 4. The molecule has 10 heteroatoms.